The number of carbonyl (C=O) groups excluding carboxylic acids is 1. The summed E-state index contributed by atoms with van der Waals surface area (Å²) in [5.74, 6) is -2.11. The largest absolute Gasteiger partial charge is 0.480 e. The predicted octanol–water partition coefficient (Wildman–Crippen LogP) is 2.84. The van der Waals surface area contributed by atoms with E-state index in [1.165, 1.54) is 0 Å². The van der Waals surface area contributed by atoms with Gasteiger partial charge in [0, 0.05) is 12.2 Å². The van der Waals surface area contributed by atoms with Crippen molar-refractivity contribution < 1.29 is 27.9 Å². The molecule has 0 bridgehead atoms. The maximum Gasteiger partial charge on any atom is 0.441 e. The zero-order valence-corrected chi connectivity index (χ0v) is 9.86. The third kappa shape index (κ3) is 3.62. The van der Waals surface area contributed by atoms with Gasteiger partial charge in [-0.2, -0.15) is 13.2 Å². The highest BCUT2D eigenvalue weighted by atomic mass is 32.2. The van der Waals surface area contributed by atoms with E-state index in [9.17, 15) is 22.8 Å². The van der Waals surface area contributed by atoms with Crippen molar-refractivity contribution in [2.45, 2.75) is 37.6 Å². The molecule has 3 nitrogen and oxygen atoms in total. The first kappa shape index (κ1) is 14.3. The molecule has 98 valence electrons. The van der Waals surface area contributed by atoms with Crippen LogP contribution in [0.3, 0.4) is 0 Å². The second kappa shape index (κ2) is 5.29. The molecule has 0 aromatic carbocycles. The smallest absolute Gasteiger partial charge is 0.441 e. The maximum atomic E-state index is 12.0. The van der Waals surface area contributed by atoms with Gasteiger partial charge in [-0.1, -0.05) is 18.2 Å². The van der Waals surface area contributed by atoms with Crippen LogP contribution in [0.5, 0.6) is 0 Å². The molecule has 17 heavy (non-hydrogen) atoms. The third-order valence-corrected chi connectivity index (χ3v) is 3.73. The van der Waals surface area contributed by atoms with Crippen LogP contribution in [-0.4, -0.2) is 28.1 Å². The second-order valence-electron chi connectivity index (χ2n) is 4.06. The lowest BCUT2D eigenvalue weighted by atomic mass is 9.71. The van der Waals surface area contributed by atoms with Gasteiger partial charge in [-0.3, -0.25) is 9.59 Å². The molecule has 0 radical (unpaired) electrons. The lowest BCUT2D eigenvalue weighted by Crippen LogP contribution is -2.42. The van der Waals surface area contributed by atoms with Crippen LogP contribution >= 0.6 is 11.8 Å². The number of rotatable bonds is 4. The number of alkyl halides is 3. The van der Waals surface area contributed by atoms with Crippen molar-refractivity contribution in [2.24, 2.45) is 5.41 Å². The van der Waals surface area contributed by atoms with E-state index in [-0.39, 0.29) is 36.8 Å². The predicted molar refractivity (Wildman–Crippen MR) is 56.7 cm³/mol. The van der Waals surface area contributed by atoms with Gasteiger partial charge in [0.2, 0.25) is 0 Å². The monoisotopic (exact) mass is 270 g/mol. The van der Waals surface area contributed by atoms with E-state index in [0.29, 0.717) is 12.8 Å². The van der Waals surface area contributed by atoms with Gasteiger partial charge in [0.25, 0.3) is 0 Å². The van der Waals surface area contributed by atoms with Crippen LogP contribution in [0.1, 0.15) is 32.1 Å². The van der Waals surface area contributed by atoms with Gasteiger partial charge in [-0.15, -0.1) is 0 Å². The molecule has 0 amide bonds. The highest BCUT2D eigenvalue weighted by Crippen LogP contribution is 2.40. The summed E-state index contributed by atoms with van der Waals surface area (Å²) in [6.07, 6.45) is 1.27. The quantitative estimate of drug-likeness (QED) is 0.798. The Balaban J connectivity index is 2.66. The summed E-state index contributed by atoms with van der Waals surface area (Å²) in [5, 5.41) is 9.08. The van der Waals surface area contributed by atoms with E-state index in [4.69, 9.17) is 5.11 Å². The fraction of sp³-hybridized carbons (Fsp3) is 0.800. The summed E-state index contributed by atoms with van der Waals surface area (Å²) in [6.45, 7) is 0. The number of carboxylic acid groups (broad SMARTS) is 1. The summed E-state index contributed by atoms with van der Waals surface area (Å²) in [5.41, 5.74) is -5.96. The molecular formula is C10H13F3O3S. The fourth-order valence-corrected chi connectivity index (χ4v) is 2.71. The SMILES string of the molecule is O=C(O)C1(CCSC(F)(F)F)CCCCC1=O. The Hall–Kier alpha value is -0.720. The number of Topliss-reactive ketones (excluding diaryl/α,β-unsaturated/α-hetero) is 1. The number of thioether (sulfide) groups is 1. The Morgan fingerprint density at radius 3 is 2.53 bits per heavy atom. The van der Waals surface area contributed by atoms with Crippen LogP contribution in [0.2, 0.25) is 0 Å². The minimum absolute atomic E-state index is 0.152. The normalized spacial score (nSPS) is 25.9. The van der Waals surface area contributed by atoms with E-state index in [1.807, 2.05) is 0 Å². The number of aliphatic carboxylic acids is 1. The fourth-order valence-electron chi connectivity index (χ4n) is 2.03. The van der Waals surface area contributed by atoms with E-state index in [2.05, 4.69) is 0 Å². The Labute approximate surface area is 101 Å². The molecule has 1 rings (SSSR count). The minimum Gasteiger partial charge on any atom is -0.480 e. The van der Waals surface area contributed by atoms with Crippen LogP contribution in [0.15, 0.2) is 0 Å². The standard InChI is InChI=1S/C10H13F3O3S/c11-10(12,13)17-6-5-9(8(15)16)4-2-1-3-7(9)14/h1-6H2,(H,15,16). The van der Waals surface area contributed by atoms with Crippen molar-refractivity contribution >= 4 is 23.5 Å². The molecule has 1 atom stereocenters. The molecule has 0 spiro atoms. The average molecular weight is 270 g/mol. The summed E-state index contributed by atoms with van der Waals surface area (Å²) in [7, 11) is 0. The molecular weight excluding hydrogens is 257 g/mol. The molecule has 7 heteroatoms. The van der Waals surface area contributed by atoms with Gasteiger partial charge in [0.05, 0.1) is 0 Å². The van der Waals surface area contributed by atoms with Crippen molar-refractivity contribution in [3.05, 3.63) is 0 Å². The molecule has 0 aromatic heterocycles. The second-order valence-corrected chi connectivity index (χ2v) is 5.22. The van der Waals surface area contributed by atoms with E-state index >= 15 is 0 Å². The first-order chi connectivity index (χ1) is 7.78. The maximum absolute atomic E-state index is 12.0. The lowest BCUT2D eigenvalue weighted by molar-refractivity contribution is -0.157. The summed E-state index contributed by atoms with van der Waals surface area (Å²) in [4.78, 5) is 22.8. The zero-order chi connectivity index (χ0) is 13.1. The van der Waals surface area contributed by atoms with Crippen LogP contribution in [0.4, 0.5) is 13.2 Å². The number of hydrogen-bond donors (Lipinski definition) is 1. The van der Waals surface area contributed by atoms with Gasteiger partial charge in [-0.25, -0.2) is 0 Å². The van der Waals surface area contributed by atoms with E-state index in [0.717, 1.165) is 0 Å². The molecule has 1 saturated carbocycles. The van der Waals surface area contributed by atoms with Crippen molar-refractivity contribution in [1.29, 1.82) is 0 Å². The van der Waals surface area contributed by atoms with Gasteiger partial charge >= 0.3 is 11.5 Å². The Morgan fingerprint density at radius 2 is 2.06 bits per heavy atom. The number of ketones is 1. The first-order valence-corrected chi connectivity index (χ1v) is 6.24. The molecule has 0 aromatic rings. The zero-order valence-electron chi connectivity index (χ0n) is 9.05. The number of carboxylic acids is 1. The average Bonchev–Trinajstić information content (AvgIpc) is 2.18. The lowest BCUT2D eigenvalue weighted by Gasteiger charge is -2.31. The van der Waals surface area contributed by atoms with Gasteiger partial charge in [0.1, 0.15) is 11.2 Å². The third-order valence-electron chi connectivity index (χ3n) is 3.00. The Kier molecular flexibility index (Phi) is 4.46. The number of carbonyl (C=O) groups is 2. The highest BCUT2D eigenvalue weighted by Gasteiger charge is 2.46. The summed E-state index contributed by atoms with van der Waals surface area (Å²) in [6, 6.07) is 0. The van der Waals surface area contributed by atoms with E-state index in [1.54, 1.807) is 0 Å². The first-order valence-electron chi connectivity index (χ1n) is 5.25. The van der Waals surface area contributed by atoms with Gasteiger partial charge in [0.15, 0.2) is 0 Å². The minimum atomic E-state index is -4.38. The van der Waals surface area contributed by atoms with Gasteiger partial charge in [-0.05, 0) is 19.3 Å². The van der Waals surface area contributed by atoms with Crippen LogP contribution in [0, 0.1) is 5.41 Å². The van der Waals surface area contributed by atoms with Crippen molar-refractivity contribution in [3.8, 4) is 0 Å². The Morgan fingerprint density at radius 1 is 1.41 bits per heavy atom. The van der Waals surface area contributed by atoms with Crippen molar-refractivity contribution in [1.82, 2.24) is 0 Å². The molecule has 0 aliphatic heterocycles. The Bertz CT molecular complexity index is 316. The van der Waals surface area contributed by atoms with Gasteiger partial charge < -0.3 is 5.11 Å². The molecule has 1 aliphatic carbocycles. The molecule has 1 N–H and O–H groups in total. The van der Waals surface area contributed by atoms with Crippen LogP contribution in [0.25, 0.3) is 0 Å². The van der Waals surface area contributed by atoms with Crippen molar-refractivity contribution in [2.75, 3.05) is 5.75 Å². The van der Waals surface area contributed by atoms with Crippen LogP contribution < -0.4 is 0 Å². The molecule has 1 aliphatic rings. The topological polar surface area (TPSA) is 54.4 Å². The van der Waals surface area contributed by atoms with Crippen LogP contribution in [-0.2, 0) is 9.59 Å². The highest BCUT2D eigenvalue weighted by molar-refractivity contribution is 8.00. The molecule has 0 saturated heterocycles. The molecule has 1 unspecified atom stereocenters. The molecule has 0 heterocycles. The number of hydrogen-bond acceptors (Lipinski definition) is 3. The van der Waals surface area contributed by atoms with Crippen molar-refractivity contribution in [3.63, 3.8) is 0 Å². The molecule has 1 fully saturated rings. The van der Waals surface area contributed by atoms with E-state index < -0.39 is 22.7 Å². The summed E-state index contributed by atoms with van der Waals surface area (Å²) < 4.78 is 35.9. The summed E-state index contributed by atoms with van der Waals surface area (Å²) >= 11 is -0.270. The number of halogens is 3.